The van der Waals surface area contributed by atoms with E-state index >= 15 is 0 Å². The summed E-state index contributed by atoms with van der Waals surface area (Å²) >= 11 is 0. The highest BCUT2D eigenvalue weighted by molar-refractivity contribution is 4.63. The quantitative estimate of drug-likeness (QED) is 0.372. The molecule has 0 saturated heterocycles. The largest absolute Gasteiger partial charge is 0.255 e. The van der Waals surface area contributed by atoms with Crippen molar-refractivity contribution in [1.29, 1.82) is 0 Å². The van der Waals surface area contributed by atoms with Gasteiger partial charge < -0.3 is 0 Å². The summed E-state index contributed by atoms with van der Waals surface area (Å²) in [6.07, 6.45) is 9.36. The molecule has 0 aromatic heterocycles. The van der Waals surface area contributed by atoms with Crippen LogP contribution in [0.5, 0.6) is 0 Å². The van der Waals surface area contributed by atoms with Gasteiger partial charge in [-0.1, -0.05) is 12.8 Å². The van der Waals surface area contributed by atoms with Gasteiger partial charge in [-0.15, -0.1) is 8.78 Å². The zero-order valence-electron chi connectivity index (χ0n) is 5.67. The molecule has 0 aliphatic heterocycles. The molecule has 0 nitrogen and oxygen atoms in total. The molecule has 0 aliphatic carbocycles. The zero-order chi connectivity index (χ0) is 9.41. The van der Waals surface area contributed by atoms with Crippen LogP contribution in [0.2, 0.25) is 0 Å². The molecule has 4 heteroatoms. The maximum atomic E-state index is 9.82. The molecule has 0 N–H and O–H groups in total. The van der Waals surface area contributed by atoms with Gasteiger partial charge in [-0.05, 0) is 0 Å². The molecule has 0 saturated carbocycles. The molecular weight excluding hydrogens is 148 g/mol. The molecule has 10 heavy (non-hydrogen) atoms. The summed E-state index contributed by atoms with van der Waals surface area (Å²) in [5.41, 5.74) is 0. The second-order valence-electron chi connectivity index (χ2n) is 0.218. The summed E-state index contributed by atoms with van der Waals surface area (Å²) in [4.78, 5) is 0. The molecular formula is C6H8F4. The Labute approximate surface area is 58.2 Å². The Balaban J connectivity index is -0.0000000246. The monoisotopic (exact) mass is 156 g/mol. The Kier molecular flexibility index (Phi) is 1210. The van der Waals surface area contributed by atoms with Gasteiger partial charge >= 0.3 is 0 Å². The fourth-order valence-corrected chi connectivity index (χ4v) is 0. The first kappa shape index (κ1) is 23.2. The van der Waals surface area contributed by atoms with E-state index in [0.29, 0.717) is 14.4 Å². The van der Waals surface area contributed by atoms with Gasteiger partial charge in [0.25, 0.3) is 0 Å². The molecule has 0 atom stereocenters. The van der Waals surface area contributed by atoms with Crippen LogP contribution in [0, 0.1) is 25.2 Å². The van der Waals surface area contributed by atoms with Gasteiger partial charge in [0, 0.05) is 0 Å². The summed E-state index contributed by atoms with van der Waals surface area (Å²) in [5, 5.41) is 0. The highest BCUT2D eigenvalue weighted by Gasteiger charge is 1.15. The average Bonchev–Trinajstić information content (AvgIpc) is 1.99. The number of hydrogen-bond donors (Lipinski definition) is 0. The molecule has 60 valence electrons. The SMILES string of the molecule is C#CF.C#CF.CF.CF. The lowest BCUT2D eigenvalue weighted by molar-refractivity contribution is 0.635. The van der Waals surface area contributed by atoms with Crippen LogP contribution in [0.1, 0.15) is 0 Å². The molecule has 0 aliphatic rings. The van der Waals surface area contributed by atoms with Gasteiger partial charge in [0.2, 0.25) is 0 Å². The van der Waals surface area contributed by atoms with Gasteiger partial charge in [-0.3, -0.25) is 8.78 Å². The summed E-state index contributed by atoms with van der Waals surface area (Å²) < 4.78 is 38.6. The lowest BCUT2D eigenvalue weighted by Gasteiger charge is -1.17. The maximum absolute atomic E-state index is 9.82. The Morgan fingerprint density at radius 1 is 0.800 bits per heavy atom. The van der Waals surface area contributed by atoms with Crippen molar-refractivity contribution in [3.05, 3.63) is 0 Å². The van der Waals surface area contributed by atoms with Crippen molar-refractivity contribution in [2.75, 3.05) is 14.4 Å². The average molecular weight is 156 g/mol. The second kappa shape index (κ2) is 520. The van der Waals surface area contributed by atoms with Crippen LogP contribution < -0.4 is 0 Å². The molecule has 0 aromatic rings. The highest BCUT2D eigenvalue weighted by Crippen LogP contribution is 1.34. The van der Waals surface area contributed by atoms with Gasteiger partial charge in [-0.25, -0.2) is 0 Å². The molecule has 0 radical (unpaired) electrons. The lowest BCUT2D eigenvalue weighted by atomic mass is 11.4. The van der Waals surface area contributed by atoms with E-state index in [1.165, 1.54) is 0 Å². The first-order chi connectivity index (χ1) is 4.83. The van der Waals surface area contributed by atoms with Gasteiger partial charge in [-0.2, -0.15) is 0 Å². The Morgan fingerprint density at radius 2 is 0.800 bits per heavy atom. The predicted octanol–water partition coefficient (Wildman–Crippen LogP) is 2.26. The van der Waals surface area contributed by atoms with Crippen molar-refractivity contribution in [3.63, 3.8) is 0 Å². The van der Waals surface area contributed by atoms with E-state index in [0.717, 1.165) is 12.3 Å². The smallest absolute Gasteiger partial charge is 0.102 e. The molecule has 0 rings (SSSR count). The standard InChI is InChI=1S/2C2HF.2CH3F/c2*1-2-3;2*1-2/h2*1H;2*1H3. The zero-order valence-corrected chi connectivity index (χ0v) is 5.67. The van der Waals surface area contributed by atoms with E-state index < -0.39 is 0 Å². The first-order valence-corrected chi connectivity index (χ1v) is 1.71. The third-order valence-electron chi connectivity index (χ3n) is 0. The van der Waals surface area contributed by atoms with Crippen LogP contribution in [-0.4, -0.2) is 14.4 Å². The normalized spacial score (nSPS) is 2.80. The molecule has 0 heterocycles. The predicted molar refractivity (Wildman–Crippen MR) is 33.9 cm³/mol. The molecule has 0 unspecified atom stereocenters. The molecule has 0 bridgehead atoms. The minimum Gasteiger partial charge on any atom is -0.255 e. The Bertz CT molecular complexity index is 64.7. The van der Waals surface area contributed by atoms with E-state index in [2.05, 4.69) is 12.8 Å². The maximum Gasteiger partial charge on any atom is 0.102 e. The van der Waals surface area contributed by atoms with Crippen molar-refractivity contribution < 1.29 is 17.6 Å². The summed E-state index contributed by atoms with van der Waals surface area (Å²) in [6, 6.07) is 0. The molecule has 0 fully saturated rings. The molecule has 0 aromatic carbocycles. The van der Waals surface area contributed by atoms with E-state index in [1.54, 1.807) is 0 Å². The van der Waals surface area contributed by atoms with Crippen LogP contribution in [0.4, 0.5) is 17.6 Å². The summed E-state index contributed by atoms with van der Waals surface area (Å²) in [6.45, 7) is 0. The van der Waals surface area contributed by atoms with Crippen LogP contribution in [0.15, 0.2) is 0 Å². The first-order valence-electron chi connectivity index (χ1n) is 1.71. The summed E-state index contributed by atoms with van der Waals surface area (Å²) in [5.74, 6) is 0. The van der Waals surface area contributed by atoms with Gasteiger partial charge in [0.1, 0.15) is 12.3 Å². The van der Waals surface area contributed by atoms with Gasteiger partial charge in [0.15, 0.2) is 0 Å². The van der Waals surface area contributed by atoms with E-state index in [9.17, 15) is 17.6 Å². The topological polar surface area (TPSA) is 0 Å². The number of alkyl halides is 2. The van der Waals surface area contributed by atoms with Crippen molar-refractivity contribution in [2.24, 2.45) is 0 Å². The fourth-order valence-electron chi connectivity index (χ4n) is 0. The third-order valence-corrected chi connectivity index (χ3v) is 0. The number of halogens is 4. The van der Waals surface area contributed by atoms with Crippen molar-refractivity contribution in [1.82, 2.24) is 0 Å². The second-order valence-corrected chi connectivity index (χ2v) is 0.218. The van der Waals surface area contributed by atoms with Crippen molar-refractivity contribution in [2.45, 2.75) is 0 Å². The highest BCUT2D eigenvalue weighted by atomic mass is 19.1. The number of hydrogen-bond acceptors (Lipinski definition) is 0. The number of terminal acetylenes is 2. The Hall–Kier alpha value is -1.16. The van der Waals surface area contributed by atoms with Crippen LogP contribution in [-0.2, 0) is 0 Å². The fraction of sp³-hybridized carbons (Fsp3) is 0.333. The Morgan fingerprint density at radius 3 is 0.800 bits per heavy atom. The van der Waals surface area contributed by atoms with Crippen molar-refractivity contribution in [3.8, 4) is 25.2 Å². The minimum absolute atomic E-state index is 0.500. The van der Waals surface area contributed by atoms with Crippen LogP contribution in [0.3, 0.4) is 0 Å². The van der Waals surface area contributed by atoms with Crippen LogP contribution >= 0.6 is 0 Å². The van der Waals surface area contributed by atoms with Crippen molar-refractivity contribution >= 4 is 0 Å². The summed E-state index contributed by atoms with van der Waals surface area (Å²) in [7, 11) is 1.00. The minimum atomic E-state index is 0.500. The van der Waals surface area contributed by atoms with E-state index in [1.807, 2.05) is 0 Å². The lowest BCUT2D eigenvalue weighted by Crippen LogP contribution is -1.02. The van der Waals surface area contributed by atoms with E-state index in [4.69, 9.17) is 0 Å². The molecule has 0 spiro atoms. The van der Waals surface area contributed by atoms with Crippen LogP contribution in [0.25, 0.3) is 0 Å². The third kappa shape index (κ3) is 173. The van der Waals surface area contributed by atoms with E-state index in [-0.39, 0.29) is 0 Å². The number of rotatable bonds is 0. The van der Waals surface area contributed by atoms with Gasteiger partial charge in [0.05, 0.1) is 14.4 Å². The molecule has 0 amide bonds.